The first-order chi connectivity index (χ1) is 13.3. The predicted molar refractivity (Wildman–Crippen MR) is 95.9 cm³/mol. The Bertz CT molecular complexity index is 785. The Morgan fingerprint density at radius 2 is 1.93 bits per heavy atom. The first-order valence-electron chi connectivity index (χ1n) is 9.42. The second-order valence-corrected chi connectivity index (χ2v) is 7.50. The van der Waals surface area contributed by atoms with E-state index in [4.69, 9.17) is 0 Å². The number of carbonyl (C=O) groups is 3. The Balaban J connectivity index is 1.64. The van der Waals surface area contributed by atoms with E-state index in [1.807, 2.05) is 0 Å². The van der Waals surface area contributed by atoms with Crippen LogP contribution in [0.15, 0.2) is 18.2 Å². The highest BCUT2D eigenvalue weighted by molar-refractivity contribution is 5.87. The van der Waals surface area contributed by atoms with Gasteiger partial charge in [-0.1, -0.05) is 6.07 Å². The third kappa shape index (κ3) is 4.15. The van der Waals surface area contributed by atoms with Gasteiger partial charge in [0.1, 0.15) is 0 Å². The lowest BCUT2D eigenvalue weighted by Gasteiger charge is -2.39. The third-order valence-corrected chi connectivity index (χ3v) is 5.66. The third-order valence-electron chi connectivity index (χ3n) is 5.66. The van der Waals surface area contributed by atoms with Gasteiger partial charge in [-0.2, -0.15) is 0 Å². The quantitative estimate of drug-likeness (QED) is 0.719. The summed E-state index contributed by atoms with van der Waals surface area (Å²) in [5, 5.41) is 0. The smallest absolute Gasteiger partial charge is 0.306 e. The van der Waals surface area contributed by atoms with Crippen LogP contribution in [-0.2, 0) is 25.7 Å². The molecule has 0 N–H and O–H groups in total. The zero-order valence-corrected chi connectivity index (χ0v) is 15.9. The van der Waals surface area contributed by atoms with Gasteiger partial charge in [0, 0.05) is 32.6 Å². The van der Waals surface area contributed by atoms with E-state index in [0.29, 0.717) is 38.0 Å². The van der Waals surface area contributed by atoms with Crippen molar-refractivity contribution in [2.24, 2.45) is 5.41 Å². The van der Waals surface area contributed by atoms with E-state index in [-0.39, 0.29) is 31.2 Å². The minimum Gasteiger partial charge on any atom is -0.469 e. The van der Waals surface area contributed by atoms with Crippen molar-refractivity contribution >= 4 is 17.8 Å². The van der Waals surface area contributed by atoms with Gasteiger partial charge in [0.2, 0.25) is 11.8 Å². The number of hydrogen-bond acceptors (Lipinski definition) is 4. The second-order valence-electron chi connectivity index (χ2n) is 7.50. The summed E-state index contributed by atoms with van der Waals surface area (Å²) in [6.45, 7) is 1.58. The fourth-order valence-corrected chi connectivity index (χ4v) is 4.09. The number of ether oxygens (including phenoxy) is 1. The topological polar surface area (TPSA) is 66.9 Å². The average molecular weight is 394 g/mol. The lowest BCUT2D eigenvalue weighted by molar-refractivity contribution is -0.147. The van der Waals surface area contributed by atoms with E-state index >= 15 is 0 Å². The molecular weight excluding hydrogens is 370 g/mol. The van der Waals surface area contributed by atoms with E-state index in [2.05, 4.69) is 4.74 Å². The number of nitrogens with zero attached hydrogens (tertiary/aromatic N) is 2. The number of amides is 2. The molecule has 2 saturated heterocycles. The Kier molecular flexibility index (Phi) is 5.96. The summed E-state index contributed by atoms with van der Waals surface area (Å²) in [5.74, 6) is -2.49. The predicted octanol–water partition coefficient (Wildman–Crippen LogP) is 2.26. The lowest BCUT2D eigenvalue weighted by Crippen LogP contribution is -2.50. The molecule has 2 heterocycles. The van der Waals surface area contributed by atoms with Gasteiger partial charge in [-0.15, -0.1) is 0 Å². The highest BCUT2D eigenvalue weighted by Crippen LogP contribution is 2.40. The molecule has 0 aliphatic carbocycles. The molecule has 1 atom stereocenters. The standard InChI is InChI=1S/C20H24F2N2O4/c1-28-18(26)6-5-17(25)24-10-8-20(13-24)7-2-9-23(19(20)27)12-14-3-4-15(21)16(22)11-14/h3-4,11H,2,5-10,12-13H2,1H3/t20-/m1/s1. The molecule has 0 radical (unpaired) electrons. The van der Waals surface area contributed by atoms with Crippen molar-refractivity contribution in [3.8, 4) is 0 Å². The summed E-state index contributed by atoms with van der Waals surface area (Å²) in [5.41, 5.74) is -0.0918. The summed E-state index contributed by atoms with van der Waals surface area (Å²) in [6.07, 6.45) is 2.15. The Morgan fingerprint density at radius 1 is 1.14 bits per heavy atom. The number of carbonyl (C=O) groups excluding carboxylic acids is 3. The maximum absolute atomic E-state index is 13.5. The van der Waals surface area contributed by atoms with Crippen LogP contribution in [0.2, 0.25) is 0 Å². The first-order valence-corrected chi connectivity index (χ1v) is 9.42. The minimum absolute atomic E-state index is 0.0229. The van der Waals surface area contributed by atoms with Gasteiger partial charge in [0.15, 0.2) is 11.6 Å². The summed E-state index contributed by atoms with van der Waals surface area (Å²) in [7, 11) is 1.28. The molecule has 0 saturated carbocycles. The number of likely N-dealkylation sites (tertiary alicyclic amines) is 2. The van der Waals surface area contributed by atoms with Crippen LogP contribution in [0.4, 0.5) is 8.78 Å². The Morgan fingerprint density at radius 3 is 2.64 bits per heavy atom. The van der Waals surface area contributed by atoms with Crippen molar-refractivity contribution in [1.82, 2.24) is 9.80 Å². The number of piperidine rings is 1. The van der Waals surface area contributed by atoms with Gasteiger partial charge in [-0.05, 0) is 37.0 Å². The number of rotatable bonds is 5. The normalized spacial score (nSPS) is 22.0. The molecule has 2 amide bonds. The van der Waals surface area contributed by atoms with Gasteiger partial charge in [0.25, 0.3) is 0 Å². The largest absolute Gasteiger partial charge is 0.469 e. The van der Waals surface area contributed by atoms with E-state index in [1.165, 1.54) is 13.2 Å². The fourth-order valence-electron chi connectivity index (χ4n) is 4.09. The zero-order valence-electron chi connectivity index (χ0n) is 15.9. The molecule has 1 aromatic carbocycles. The fraction of sp³-hybridized carbons (Fsp3) is 0.550. The van der Waals surface area contributed by atoms with Crippen LogP contribution in [0, 0.1) is 17.0 Å². The second kappa shape index (κ2) is 8.24. The Hall–Kier alpha value is -2.51. The van der Waals surface area contributed by atoms with Crippen LogP contribution in [0.3, 0.4) is 0 Å². The van der Waals surface area contributed by atoms with Crippen LogP contribution in [0.25, 0.3) is 0 Å². The molecule has 0 unspecified atom stereocenters. The summed E-state index contributed by atoms with van der Waals surface area (Å²) >= 11 is 0. The van der Waals surface area contributed by atoms with Crippen LogP contribution in [-0.4, -0.2) is 54.3 Å². The lowest BCUT2D eigenvalue weighted by atomic mass is 9.78. The van der Waals surface area contributed by atoms with Crippen LogP contribution in [0.5, 0.6) is 0 Å². The first kappa shape index (κ1) is 20.2. The minimum atomic E-state index is -0.931. The molecule has 0 aromatic heterocycles. The molecule has 1 aromatic rings. The van der Waals surface area contributed by atoms with Crippen LogP contribution < -0.4 is 0 Å². The van der Waals surface area contributed by atoms with Crippen molar-refractivity contribution < 1.29 is 27.9 Å². The van der Waals surface area contributed by atoms with Crippen molar-refractivity contribution in [3.05, 3.63) is 35.4 Å². The van der Waals surface area contributed by atoms with Crippen LogP contribution >= 0.6 is 0 Å². The van der Waals surface area contributed by atoms with Gasteiger partial charge in [-0.25, -0.2) is 8.78 Å². The molecule has 2 aliphatic heterocycles. The molecule has 2 aliphatic rings. The number of methoxy groups -OCH3 is 1. The van der Waals surface area contributed by atoms with Crippen molar-refractivity contribution in [2.75, 3.05) is 26.7 Å². The number of halogens is 2. The van der Waals surface area contributed by atoms with Crippen molar-refractivity contribution in [1.29, 1.82) is 0 Å². The SMILES string of the molecule is COC(=O)CCC(=O)N1CC[C@]2(CCCN(Cc3ccc(F)c(F)c3)C2=O)C1. The Labute approximate surface area is 162 Å². The molecule has 2 fully saturated rings. The summed E-state index contributed by atoms with van der Waals surface area (Å²) in [6, 6.07) is 3.65. The van der Waals surface area contributed by atoms with E-state index in [9.17, 15) is 23.2 Å². The molecule has 152 valence electrons. The summed E-state index contributed by atoms with van der Waals surface area (Å²) in [4.78, 5) is 40.0. The van der Waals surface area contributed by atoms with Crippen molar-refractivity contribution in [2.45, 2.75) is 38.6 Å². The molecule has 8 heteroatoms. The monoisotopic (exact) mass is 394 g/mol. The number of esters is 1. The number of hydrogen-bond donors (Lipinski definition) is 0. The summed E-state index contributed by atoms with van der Waals surface area (Å²) < 4.78 is 31.1. The maximum Gasteiger partial charge on any atom is 0.306 e. The molecule has 6 nitrogen and oxygen atoms in total. The van der Waals surface area contributed by atoms with Gasteiger partial charge >= 0.3 is 5.97 Å². The van der Waals surface area contributed by atoms with Gasteiger partial charge in [0.05, 0.1) is 18.9 Å². The highest BCUT2D eigenvalue weighted by atomic mass is 19.2. The molecular formula is C20H24F2N2O4. The highest BCUT2D eigenvalue weighted by Gasteiger charge is 2.49. The van der Waals surface area contributed by atoms with E-state index < -0.39 is 23.0 Å². The van der Waals surface area contributed by atoms with E-state index in [1.54, 1.807) is 9.80 Å². The molecule has 1 spiro atoms. The van der Waals surface area contributed by atoms with Crippen molar-refractivity contribution in [3.63, 3.8) is 0 Å². The van der Waals surface area contributed by atoms with Crippen LogP contribution in [0.1, 0.15) is 37.7 Å². The number of benzene rings is 1. The maximum atomic E-state index is 13.5. The van der Waals surface area contributed by atoms with E-state index in [0.717, 1.165) is 18.6 Å². The molecule has 28 heavy (non-hydrogen) atoms. The zero-order chi connectivity index (χ0) is 20.3. The average Bonchev–Trinajstić information content (AvgIpc) is 3.11. The van der Waals surface area contributed by atoms with Gasteiger partial charge in [-0.3, -0.25) is 14.4 Å². The van der Waals surface area contributed by atoms with Gasteiger partial charge < -0.3 is 14.5 Å². The molecule has 3 rings (SSSR count). The molecule has 0 bridgehead atoms.